The van der Waals surface area contributed by atoms with Crippen LogP contribution < -0.4 is 14.8 Å². The molecule has 2 aromatic rings. The van der Waals surface area contributed by atoms with E-state index in [0.717, 1.165) is 17.7 Å². The number of rotatable bonds is 5. The molecule has 23 heavy (non-hydrogen) atoms. The molecule has 0 saturated heterocycles. The van der Waals surface area contributed by atoms with Gasteiger partial charge in [-0.25, -0.2) is 8.78 Å². The lowest BCUT2D eigenvalue weighted by atomic mass is 10.1. The third kappa shape index (κ3) is 3.77. The summed E-state index contributed by atoms with van der Waals surface area (Å²) in [4.78, 5) is 12.1. The maximum atomic E-state index is 13.6. The van der Waals surface area contributed by atoms with Crippen molar-refractivity contribution in [1.29, 1.82) is 0 Å². The first-order valence-corrected chi connectivity index (χ1v) is 6.94. The molecule has 0 aromatic heterocycles. The lowest BCUT2D eigenvalue weighted by Gasteiger charge is -2.17. The maximum absolute atomic E-state index is 13.6. The Morgan fingerprint density at radius 1 is 1.04 bits per heavy atom. The summed E-state index contributed by atoms with van der Waals surface area (Å²) in [7, 11) is 3.04. The second kappa shape index (κ2) is 7.09. The van der Waals surface area contributed by atoms with E-state index < -0.39 is 23.6 Å². The third-order valence-corrected chi connectivity index (χ3v) is 3.43. The molecule has 0 heterocycles. The van der Waals surface area contributed by atoms with Gasteiger partial charge in [0.25, 0.3) is 5.91 Å². The van der Waals surface area contributed by atoms with Crippen LogP contribution in [0.1, 0.15) is 28.9 Å². The predicted octanol–water partition coefficient (Wildman–Crippen LogP) is 3.47. The van der Waals surface area contributed by atoms with Crippen molar-refractivity contribution in [2.45, 2.75) is 13.0 Å². The van der Waals surface area contributed by atoms with Gasteiger partial charge in [0, 0.05) is 6.07 Å². The monoisotopic (exact) mass is 321 g/mol. The van der Waals surface area contributed by atoms with Gasteiger partial charge in [-0.05, 0) is 36.8 Å². The van der Waals surface area contributed by atoms with E-state index in [0.29, 0.717) is 17.6 Å². The van der Waals surface area contributed by atoms with Crippen LogP contribution in [0.15, 0.2) is 36.4 Å². The van der Waals surface area contributed by atoms with Crippen molar-refractivity contribution < 1.29 is 23.0 Å². The maximum Gasteiger partial charge on any atom is 0.254 e. The number of methoxy groups -OCH3 is 2. The van der Waals surface area contributed by atoms with Gasteiger partial charge >= 0.3 is 0 Å². The molecular weight excluding hydrogens is 304 g/mol. The van der Waals surface area contributed by atoms with Crippen LogP contribution >= 0.6 is 0 Å². The zero-order valence-electron chi connectivity index (χ0n) is 13.0. The highest BCUT2D eigenvalue weighted by Crippen LogP contribution is 2.30. The molecule has 2 aromatic carbocycles. The minimum atomic E-state index is -0.901. The van der Waals surface area contributed by atoms with Crippen LogP contribution in [0.2, 0.25) is 0 Å². The fraction of sp³-hybridized carbons (Fsp3) is 0.235. The Morgan fingerprint density at radius 3 is 2.35 bits per heavy atom. The van der Waals surface area contributed by atoms with E-state index in [1.54, 1.807) is 25.1 Å². The predicted molar refractivity (Wildman–Crippen MR) is 81.8 cm³/mol. The van der Waals surface area contributed by atoms with Gasteiger partial charge in [0.05, 0.1) is 25.8 Å². The van der Waals surface area contributed by atoms with E-state index in [1.165, 1.54) is 14.2 Å². The highest BCUT2D eigenvalue weighted by atomic mass is 19.1. The van der Waals surface area contributed by atoms with Crippen molar-refractivity contribution in [3.8, 4) is 11.5 Å². The second-order valence-corrected chi connectivity index (χ2v) is 4.93. The molecule has 2 rings (SSSR count). The number of carbonyl (C=O) groups is 1. The largest absolute Gasteiger partial charge is 0.493 e. The summed E-state index contributed by atoms with van der Waals surface area (Å²) >= 11 is 0. The molecular formula is C17H17F2NO3. The summed E-state index contributed by atoms with van der Waals surface area (Å²) in [6, 6.07) is 7.65. The molecule has 0 radical (unpaired) electrons. The molecule has 0 bridgehead atoms. The van der Waals surface area contributed by atoms with E-state index in [4.69, 9.17) is 9.47 Å². The molecule has 4 nitrogen and oxygen atoms in total. The topological polar surface area (TPSA) is 47.6 Å². The van der Waals surface area contributed by atoms with Crippen molar-refractivity contribution in [2.24, 2.45) is 0 Å². The van der Waals surface area contributed by atoms with Gasteiger partial charge in [0.2, 0.25) is 0 Å². The molecule has 0 fully saturated rings. The van der Waals surface area contributed by atoms with Gasteiger partial charge in [-0.3, -0.25) is 4.79 Å². The van der Waals surface area contributed by atoms with Crippen LogP contribution in [0.3, 0.4) is 0 Å². The van der Waals surface area contributed by atoms with Crippen LogP contribution in [0, 0.1) is 11.6 Å². The Hall–Kier alpha value is -2.63. The summed E-state index contributed by atoms with van der Waals surface area (Å²) in [5.74, 6) is -1.16. The number of benzene rings is 2. The van der Waals surface area contributed by atoms with E-state index in [-0.39, 0.29) is 5.56 Å². The summed E-state index contributed by atoms with van der Waals surface area (Å²) in [5.41, 5.74) is 0.553. The smallest absolute Gasteiger partial charge is 0.254 e. The second-order valence-electron chi connectivity index (χ2n) is 4.93. The van der Waals surface area contributed by atoms with Crippen LogP contribution in [0.5, 0.6) is 11.5 Å². The zero-order valence-corrected chi connectivity index (χ0v) is 13.0. The van der Waals surface area contributed by atoms with Crippen LogP contribution in [-0.2, 0) is 0 Å². The van der Waals surface area contributed by atoms with Gasteiger partial charge in [-0.1, -0.05) is 6.07 Å². The quantitative estimate of drug-likeness (QED) is 0.917. The average molecular weight is 321 g/mol. The number of hydrogen-bond acceptors (Lipinski definition) is 3. The molecule has 0 aliphatic rings. The molecule has 0 aliphatic carbocycles. The first-order valence-electron chi connectivity index (χ1n) is 6.94. The molecule has 1 amide bonds. The Morgan fingerprint density at radius 2 is 1.74 bits per heavy atom. The van der Waals surface area contributed by atoms with Gasteiger partial charge in [-0.2, -0.15) is 0 Å². The van der Waals surface area contributed by atoms with E-state index in [2.05, 4.69) is 5.32 Å². The summed E-state index contributed by atoms with van der Waals surface area (Å²) in [6.45, 7) is 1.75. The van der Waals surface area contributed by atoms with Gasteiger partial charge in [0.1, 0.15) is 11.6 Å². The number of amides is 1. The van der Waals surface area contributed by atoms with Crippen molar-refractivity contribution in [2.75, 3.05) is 14.2 Å². The fourth-order valence-corrected chi connectivity index (χ4v) is 2.15. The van der Waals surface area contributed by atoms with Crippen LogP contribution in [-0.4, -0.2) is 20.1 Å². The standard InChI is InChI=1S/C17H17F2NO3/c1-10(11-4-7-15(22-2)16(8-11)23-3)20-17(21)13-6-5-12(18)9-14(13)19/h4-10H,1-3H3,(H,20,21)/t10-/m1/s1. The number of hydrogen-bond donors (Lipinski definition) is 1. The Labute approximate surface area is 133 Å². The van der Waals surface area contributed by atoms with Crippen molar-refractivity contribution in [3.63, 3.8) is 0 Å². The fourth-order valence-electron chi connectivity index (χ4n) is 2.15. The van der Waals surface area contributed by atoms with E-state index in [1.807, 2.05) is 0 Å². The number of ether oxygens (including phenoxy) is 2. The zero-order chi connectivity index (χ0) is 17.0. The Balaban J connectivity index is 2.18. The SMILES string of the molecule is COc1ccc([C@@H](C)NC(=O)c2ccc(F)cc2F)cc1OC. The summed E-state index contributed by atoms with van der Waals surface area (Å²) in [5, 5.41) is 2.66. The molecule has 0 saturated carbocycles. The minimum Gasteiger partial charge on any atom is -0.493 e. The first kappa shape index (κ1) is 16.7. The first-order chi connectivity index (χ1) is 11.0. The molecule has 1 N–H and O–H groups in total. The van der Waals surface area contributed by atoms with Gasteiger partial charge in [0.15, 0.2) is 11.5 Å². The molecule has 0 aliphatic heterocycles. The Kier molecular flexibility index (Phi) is 5.16. The molecule has 1 atom stereocenters. The van der Waals surface area contributed by atoms with Crippen molar-refractivity contribution >= 4 is 5.91 Å². The highest BCUT2D eigenvalue weighted by Gasteiger charge is 2.17. The number of nitrogens with one attached hydrogen (secondary N) is 1. The molecule has 0 spiro atoms. The normalized spacial score (nSPS) is 11.7. The lowest BCUT2D eigenvalue weighted by Crippen LogP contribution is -2.27. The van der Waals surface area contributed by atoms with Crippen molar-refractivity contribution in [1.82, 2.24) is 5.32 Å². The minimum absolute atomic E-state index is 0.210. The third-order valence-electron chi connectivity index (χ3n) is 3.43. The highest BCUT2D eigenvalue weighted by molar-refractivity contribution is 5.94. The molecule has 6 heteroatoms. The van der Waals surface area contributed by atoms with Crippen LogP contribution in [0.25, 0.3) is 0 Å². The van der Waals surface area contributed by atoms with E-state index in [9.17, 15) is 13.6 Å². The number of carbonyl (C=O) groups excluding carboxylic acids is 1. The molecule has 0 unspecified atom stereocenters. The summed E-state index contributed by atoms with van der Waals surface area (Å²) in [6.07, 6.45) is 0. The van der Waals surface area contributed by atoms with Gasteiger partial charge < -0.3 is 14.8 Å². The van der Waals surface area contributed by atoms with Crippen LogP contribution in [0.4, 0.5) is 8.78 Å². The Bertz CT molecular complexity index is 719. The average Bonchev–Trinajstić information content (AvgIpc) is 2.53. The number of halogens is 2. The lowest BCUT2D eigenvalue weighted by molar-refractivity contribution is 0.0935. The van der Waals surface area contributed by atoms with E-state index >= 15 is 0 Å². The van der Waals surface area contributed by atoms with Gasteiger partial charge in [-0.15, -0.1) is 0 Å². The van der Waals surface area contributed by atoms with Crippen molar-refractivity contribution in [3.05, 3.63) is 59.2 Å². The molecule has 122 valence electrons. The summed E-state index contributed by atoms with van der Waals surface area (Å²) < 4.78 is 36.9.